The molecular formula is C7H12N4O2. The van der Waals surface area contributed by atoms with Crippen molar-refractivity contribution in [1.82, 2.24) is 14.8 Å². The second-order valence-corrected chi connectivity index (χ2v) is 2.45. The first-order chi connectivity index (χ1) is 6.16. The lowest BCUT2D eigenvalue weighted by molar-refractivity contribution is 0.0137. The van der Waals surface area contributed by atoms with Crippen molar-refractivity contribution in [2.24, 2.45) is 5.73 Å². The lowest BCUT2D eigenvalue weighted by Crippen LogP contribution is -2.22. The number of nitrogens with two attached hydrogens (primary N) is 1. The summed E-state index contributed by atoms with van der Waals surface area (Å²) in [6.07, 6.45) is 0.949. The summed E-state index contributed by atoms with van der Waals surface area (Å²) >= 11 is 0. The van der Waals surface area contributed by atoms with E-state index < -0.39 is 5.91 Å². The van der Waals surface area contributed by atoms with Gasteiger partial charge in [0.25, 0.3) is 5.91 Å². The van der Waals surface area contributed by atoms with Crippen LogP contribution in [0.25, 0.3) is 0 Å². The minimum absolute atomic E-state index is 0.112. The lowest BCUT2D eigenvalue weighted by Gasteiger charge is -2.12. The third kappa shape index (κ3) is 2.03. The Morgan fingerprint density at radius 1 is 1.85 bits per heavy atom. The zero-order valence-electron chi connectivity index (χ0n) is 7.60. The van der Waals surface area contributed by atoms with Crippen LogP contribution in [-0.4, -0.2) is 27.3 Å². The normalized spacial score (nSPS) is 12.8. The molecule has 2 N–H and O–H groups in total. The van der Waals surface area contributed by atoms with Gasteiger partial charge in [-0.05, 0) is 13.8 Å². The van der Waals surface area contributed by atoms with E-state index in [9.17, 15) is 4.79 Å². The number of nitrogens with zero attached hydrogens (tertiary/aromatic N) is 3. The highest BCUT2D eigenvalue weighted by Gasteiger charge is 2.14. The molecule has 0 fully saturated rings. The number of rotatable bonds is 4. The standard InChI is InChI=1S/C7H12N4O2/c1-3-13-5(2)11-7(6(8)12)9-4-10-11/h4-5H,3H2,1-2H3,(H2,8,12). The minimum Gasteiger partial charge on any atom is -0.363 e. The van der Waals surface area contributed by atoms with Crippen LogP contribution in [0.5, 0.6) is 0 Å². The number of aromatic nitrogens is 3. The Hall–Kier alpha value is -1.43. The van der Waals surface area contributed by atoms with Crippen molar-refractivity contribution < 1.29 is 9.53 Å². The van der Waals surface area contributed by atoms with Gasteiger partial charge >= 0.3 is 0 Å². The summed E-state index contributed by atoms with van der Waals surface area (Å²) in [6, 6.07) is 0. The van der Waals surface area contributed by atoms with E-state index in [1.807, 2.05) is 6.92 Å². The topological polar surface area (TPSA) is 83.0 Å². The predicted molar refractivity (Wildman–Crippen MR) is 44.9 cm³/mol. The molecule has 0 aliphatic heterocycles. The first-order valence-electron chi connectivity index (χ1n) is 3.97. The van der Waals surface area contributed by atoms with E-state index in [-0.39, 0.29) is 12.1 Å². The maximum Gasteiger partial charge on any atom is 0.286 e. The molecule has 1 aromatic heterocycles. The number of primary amides is 1. The molecule has 13 heavy (non-hydrogen) atoms. The van der Waals surface area contributed by atoms with E-state index in [0.29, 0.717) is 6.61 Å². The summed E-state index contributed by atoms with van der Waals surface area (Å²) in [5.41, 5.74) is 5.08. The molecule has 1 rings (SSSR count). The molecular weight excluding hydrogens is 172 g/mol. The number of hydrogen-bond acceptors (Lipinski definition) is 4. The van der Waals surface area contributed by atoms with Crippen molar-refractivity contribution in [1.29, 1.82) is 0 Å². The highest BCUT2D eigenvalue weighted by molar-refractivity contribution is 5.88. The second kappa shape index (κ2) is 3.99. The Kier molecular flexibility index (Phi) is 2.97. The van der Waals surface area contributed by atoms with Crippen molar-refractivity contribution in [2.75, 3.05) is 6.61 Å². The zero-order chi connectivity index (χ0) is 9.84. The smallest absolute Gasteiger partial charge is 0.286 e. The zero-order valence-corrected chi connectivity index (χ0v) is 7.60. The molecule has 0 aliphatic rings. The van der Waals surface area contributed by atoms with Crippen LogP contribution in [0, 0.1) is 0 Å². The fourth-order valence-corrected chi connectivity index (χ4v) is 1.00. The van der Waals surface area contributed by atoms with Gasteiger partial charge in [-0.1, -0.05) is 0 Å². The summed E-state index contributed by atoms with van der Waals surface area (Å²) in [4.78, 5) is 14.6. The molecule has 6 nitrogen and oxygen atoms in total. The van der Waals surface area contributed by atoms with E-state index in [0.717, 1.165) is 0 Å². The molecule has 1 unspecified atom stereocenters. The molecule has 6 heteroatoms. The minimum atomic E-state index is -0.607. The lowest BCUT2D eigenvalue weighted by atomic mass is 10.5. The summed E-state index contributed by atoms with van der Waals surface area (Å²) in [7, 11) is 0. The Morgan fingerprint density at radius 2 is 2.54 bits per heavy atom. The van der Waals surface area contributed by atoms with E-state index in [1.54, 1.807) is 6.92 Å². The van der Waals surface area contributed by atoms with Gasteiger partial charge in [-0.25, -0.2) is 9.67 Å². The first-order valence-corrected chi connectivity index (χ1v) is 3.97. The average Bonchev–Trinajstić information content (AvgIpc) is 2.52. The van der Waals surface area contributed by atoms with Crippen molar-refractivity contribution in [3.05, 3.63) is 12.2 Å². The highest BCUT2D eigenvalue weighted by atomic mass is 16.5. The Bertz CT molecular complexity index is 296. The maximum absolute atomic E-state index is 10.8. The van der Waals surface area contributed by atoms with E-state index in [4.69, 9.17) is 10.5 Å². The molecule has 0 aromatic carbocycles. The van der Waals surface area contributed by atoms with Gasteiger partial charge in [0, 0.05) is 6.61 Å². The maximum atomic E-state index is 10.8. The second-order valence-electron chi connectivity index (χ2n) is 2.45. The van der Waals surface area contributed by atoms with Crippen LogP contribution in [0.1, 0.15) is 30.7 Å². The van der Waals surface area contributed by atoms with E-state index in [1.165, 1.54) is 11.0 Å². The number of hydrogen-bond donors (Lipinski definition) is 1. The Labute approximate surface area is 75.7 Å². The summed E-state index contributed by atoms with van der Waals surface area (Å²) in [5.74, 6) is -0.495. The molecule has 0 aliphatic carbocycles. The van der Waals surface area contributed by atoms with Gasteiger partial charge < -0.3 is 10.5 Å². The summed E-state index contributed by atoms with van der Waals surface area (Å²) in [5, 5.41) is 3.84. The van der Waals surface area contributed by atoms with Crippen molar-refractivity contribution in [3.63, 3.8) is 0 Å². The molecule has 0 radical (unpaired) electrons. The molecule has 72 valence electrons. The van der Waals surface area contributed by atoms with Crippen LogP contribution >= 0.6 is 0 Å². The SMILES string of the molecule is CCOC(C)n1ncnc1C(N)=O. The largest absolute Gasteiger partial charge is 0.363 e. The highest BCUT2D eigenvalue weighted by Crippen LogP contribution is 2.07. The van der Waals surface area contributed by atoms with E-state index in [2.05, 4.69) is 10.1 Å². The first kappa shape index (κ1) is 9.66. The molecule has 0 bridgehead atoms. The van der Waals surface area contributed by atoms with E-state index >= 15 is 0 Å². The van der Waals surface area contributed by atoms with Gasteiger partial charge in [-0.3, -0.25) is 4.79 Å². The van der Waals surface area contributed by atoms with Crippen LogP contribution in [0.2, 0.25) is 0 Å². The molecule has 1 aromatic rings. The molecule has 0 saturated heterocycles. The van der Waals surface area contributed by atoms with Crippen LogP contribution in [0.3, 0.4) is 0 Å². The van der Waals surface area contributed by atoms with Crippen LogP contribution in [-0.2, 0) is 4.74 Å². The van der Waals surface area contributed by atoms with Crippen molar-refractivity contribution in [3.8, 4) is 0 Å². The number of ether oxygens (including phenoxy) is 1. The fraction of sp³-hybridized carbons (Fsp3) is 0.571. The molecule has 1 amide bonds. The average molecular weight is 184 g/mol. The van der Waals surface area contributed by atoms with Crippen LogP contribution < -0.4 is 5.73 Å². The van der Waals surface area contributed by atoms with Crippen LogP contribution in [0.15, 0.2) is 6.33 Å². The predicted octanol–water partition coefficient (Wildman–Crippen LogP) is -0.0680. The fourth-order valence-electron chi connectivity index (χ4n) is 1.00. The molecule has 1 heterocycles. The quantitative estimate of drug-likeness (QED) is 0.710. The van der Waals surface area contributed by atoms with Gasteiger partial charge in [0.05, 0.1) is 0 Å². The van der Waals surface area contributed by atoms with Gasteiger partial charge in [0.1, 0.15) is 12.6 Å². The number of carbonyl (C=O) groups excluding carboxylic acids is 1. The molecule has 0 saturated carbocycles. The summed E-state index contributed by atoms with van der Waals surface area (Å²) < 4.78 is 6.58. The third-order valence-electron chi connectivity index (χ3n) is 1.55. The van der Waals surface area contributed by atoms with Crippen molar-refractivity contribution in [2.45, 2.75) is 20.1 Å². The van der Waals surface area contributed by atoms with Crippen LogP contribution in [0.4, 0.5) is 0 Å². The summed E-state index contributed by atoms with van der Waals surface area (Å²) in [6.45, 7) is 4.17. The third-order valence-corrected chi connectivity index (χ3v) is 1.55. The number of amides is 1. The van der Waals surface area contributed by atoms with Gasteiger partial charge in [0.2, 0.25) is 5.82 Å². The Morgan fingerprint density at radius 3 is 3.08 bits per heavy atom. The molecule has 1 atom stereocenters. The monoisotopic (exact) mass is 184 g/mol. The van der Waals surface area contributed by atoms with Gasteiger partial charge in [-0.15, -0.1) is 0 Å². The van der Waals surface area contributed by atoms with Crippen molar-refractivity contribution >= 4 is 5.91 Å². The molecule has 0 spiro atoms. The number of carbonyl (C=O) groups is 1. The Balaban J connectivity index is 2.86. The van der Waals surface area contributed by atoms with Gasteiger partial charge in [-0.2, -0.15) is 5.10 Å². The van der Waals surface area contributed by atoms with Gasteiger partial charge in [0.15, 0.2) is 0 Å².